The SMILES string of the molecule is CC(=O)O[C@H]1C[C@@H](c2cccnc2)N(C)C1. The number of likely N-dealkylation sites (tertiary alicyclic amines) is 1. The molecule has 1 fully saturated rings. The number of pyridine rings is 1. The van der Waals surface area contributed by atoms with Crippen LogP contribution in [0.4, 0.5) is 0 Å². The van der Waals surface area contributed by atoms with E-state index < -0.39 is 0 Å². The average molecular weight is 220 g/mol. The molecule has 0 radical (unpaired) electrons. The van der Waals surface area contributed by atoms with Crippen molar-refractivity contribution in [2.75, 3.05) is 13.6 Å². The van der Waals surface area contributed by atoms with Gasteiger partial charge < -0.3 is 4.74 Å². The molecule has 0 N–H and O–H groups in total. The average Bonchev–Trinajstić information content (AvgIpc) is 2.60. The minimum atomic E-state index is -0.203. The van der Waals surface area contributed by atoms with Crippen molar-refractivity contribution in [3.05, 3.63) is 30.1 Å². The van der Waals surface area contributed by atoms with E-state index in [1.54, 1.807) is 6.20 Å². The first kappa shape index (κ1) is 11.1. The Kier molecular flexibility index (Phi) is 3.19. The van der Waals surface area contributed by atoms with E-state index in [2.05, 4.69) is 16.0 Å². The van der Waals surface area contributed by atoms with Gasteiger partial charge in [0.1, 0.15) is 6.10 Å². The molecule has 0 aliphatic carbocycles. The van der Waals surface area contributed by atoms with Crippen molar-refractivity contribution >= 4 is 5.97 Å². The Morgan fingerprint density at radius 1 is 1.62 bits per heavy atom. The van der Waals surface area contributed by atoms with E-state index in [9.17, 15) is 4.79 Å². The van der Waals surface area contributed by atoms with Crippen molar-refractivity contribution in [1.82, 2.24) is 9.88 Å². The van der Waals surface area contributed by atoms with Gasteiger partial charge in [0.2, 0.25) is 0 Å². The largest absolute Gasteiger partial charge is 0.461 e. The van der Waals surface area contributed by atoms with Gasteiger partial charge in [-0.15, -0.1) is 0 Å². The second kappa shape index (κ2) is 4.61. The van der Waals surface area contributed by atoms with Crippen LogP contribution in [-0.4, -0.2) is 35.5 Å². The summed E-state index contributed by atoms with van der Waals surface area (Å²) in [5.74, 6) is -0.203. The monoisotopic (exact) mass is 220 g/mol. The van der Waals surface area contributed by atoms with Crippen molar-refractivity contribution in [2.24, 2.45) is 0 Å². The molecule has 1 aromatic heterocycles. The fraction of sp³-hybridized carbons (Fsp3) is 0.500. The van der Waals surface area contributed by atoms with Gasteiger partial charge in [-0.1, -0.05) is 6.07 Å². The van der Waals surface area contributed by atoms with Crippen LogP contribution in [0.3, 0.4) is 0 Å². The highest BCUT2D eigenvalue weighted by molar-refractivity contribution is 5.66. The van der Waals surface area contributed by atoms with Crippen LogP contribution in [0.15, 0.2) is 24.5 Å². The Bertz CT molecular complexity index is 367. The molecule has 4 heteroatoms. The van der Waals surface area contributed by atoms with Crippen molar-refractivity contribution in [3.8, 4) is 0 Å². The van der Waals surface area contributed by atoms with E-state index in [-0.39, 0.29) is 12.1 Å². The summed E-state index contributed by atoms with van der Waals surface area (Å²) < 4.78 is 5.23. The molecule has 16 heavy (non-hydrogen) atoms. The van der Waals surface area contributed by atoms with E-state index in [1.807, 2.05) is 19.3 Å². The lowest BCUT2D eigenvalue weighted by atomic mass is 10.1. The predicted octanol–water partition coefficient (Wildman–Crippen LogP) is 1.39. The van der Waals surface area contributed by atoms with E-state index in [4.69, 9.17) is 4.74 Å². The molecule has 0 amide bonds. The first-order valence-electron chi connectivity index (χ1n) is 5.44. The van der Waals surface area contributed by atoms with Gasteiger partial charge in [-0.05, 0) is 18.7 Å². The number of likely N-dealkylation sites (N-methyl/N-ethyl adjacent to an activating group) is 1. The molecule has 2 atom stereocenters. The highest BCUT2D eigenvalue weighted by atomic mass is 16.5. The van der Waals surface area contributed by atoms with Crippen LogP contribution < -0.4 is 0 Å². The summed E-state index contributed by atoms with van der Waals surface area (Å²) in [5, 5.41) is 0. The third kappa shape index (κ3) is 2.39. The molecule has 1 aromatic rings. The van der Waals surface area contributed by atoms with Gasteiger partial charge >= 0.3 is 5.97 Å². The fourth-order valence-corrected chi connectivity index (χ4v) is 2.24. The quantitative estimate of drug-likeness (QED) is 0.706. The zero-order chi connectivity index (χ0) is 11.5. The van der Waals surface area contributed by atoms with Crippen LogP contribution in [0.5, 0.6) is 0 Å². The molecule has 1 aliphatic heterocycles. The maximum atomic E-state index is 10.9. The standard InChI is InChI=1S/C12H16N2O2/c1-9(15)16-11-6-12(14(2)8-11)10-4-3-5-13-7-10/h3-5,7,11-12H,6,8H2,1-2H3/t11-,12-/m0/s1. The van der Waals surface area contributed by atoms with Crippen molar-refractivity contribution in [3.63, 3.8) is 0 Å². The van der Waals surface area contributed by atoms with Gasteiger partial charge in [-0.25, -0.2) is 0 Å². The van der Waals surface area contributed by atoms with Crippen molar-refractivity contribution in [1.29, 1.82) is 0 Å². The lowest BCUT2D eigenvalue weighted by molar-refractivity contribution is -0.145. The number of aromatic nitrogens is 1. The maximum absolute atomic E-state index is 10.9. The normalized spacial score (nSPS) is 25.6. The third-order valence-electron chi connectivity index (χ3n) is 2.91. The number of rotatable bonds is 2. The zero-order valence-electron chi connectivity index (χ0n) is 9.59. The zero-order valence-corrected chi connectivity index (χ0v) is 9.59. The van der Waals surface area contributed by atoms with Gasteiger partial charge in [-0.2, -0.15) is 0 Å². The van der Waals surface area contributed by atoms with Crippen molar-refractivity contribution < 1.29 is 9.53 Å². The van der Waals surface area contributed by atoms with Crippen LogP contribution in [0, 0.1) is 0 Å². The van der Waals surface area contributed by atoms with Gasteiger partial charge in [0.05, 0.1) is 0 Å². The molecule has 0 saturated carbocycles. The first-order valence-corrected chi connectivity index (χ1v) is 5.44. The van der Waals surface area contributed by atoms with Crippen molar-refractivity contribution in [2.45, 2.75) is 25.5 Å². The van der Waals surface area contributed by atoms with E-state index in [1.165, 1.54) is 12.5 Å². The van der Waals surface area contributed by atoms with E-state index >= 15 is 0 Å². The number of hydrogen-bond donors (Lipinski definition) is 0. The van der Waals surface area contributed by atoms with Gasteiger partial charge in [-0.3, -0.25) is 14.7 Å². The summed E-state index contributed by atoms with van der Waals surface area (Å²) in [7, 11) is 2.04. The fourth-order valence-electron chi connectivity index (χ4n) is 2.24. The second-order valence-electron chi connectivity index (χ2n) is 4.21. The summed E-state index contributed by atoms with van der Waals surface area (Å²) in [6, 6.07) is 4.30. The molecular formula is C12H16N2O2. The topological polar surface area (TPSA) is 42.4 Å². The van der Waals surface area contributed by atoms with Crippen LogP contribution in [0.2, 0.25) is 0 Å². The summed E-state index contributed by atoms with van der Waals surface area (Å²) >= 11 is 0. The summed E-state index contributed by atoms with van der Waals surface area (Å²) in [6.45, 7) is 2.25. The maximum Gasteiger partial charge on any atom is 0.302 e. The minimum absolute atomic E-state index is 0.00714. The van der Waals surface area contributed by atoms with E-state index in [0.29, 0.717) is 6.04 Å². The number of ether oxygens (including phenoxy) is 1. The Morgan fingerprint density at radius 2 is 2.44 bits per heavy atom. The Morgan fingerprint density at radius 3 is 3.06 bits per heavy atom. The van der Waals surface area contributed by atoms with Gasteiger partial charge in [0.25, 0.3) is 0 Å². The smallest absolute Gasteiger partial charge is 0.302 e. The molecule has 1 aliphatic rings. The molecule has 4 nitrogen and oxygen atoms in total. The molecule has 0 aromatic carbocycles. The molecule has 0 bridgehead atoms. The number of esters is 1. The lowest BCUT2D eigenvalue weighted by Crippen LogP contribution is -2.21. The Hall–Kier alpha value is -1.42. The minimum Gasteiger partial charge on any atom is -0.461 e. The van der Waals surface area contributed by atoms with Gasteiger partial charge in [0.15, 0.2) is 0 Å². The van der Waals surface area contributed by atoms with Gasteiger partial charge in [0, 0.05) is 38.3 Å². The third-order valence-corrected chi connectivity index (χ3v) is 2.91. The van der Waals surface area contributed by atoms with Crippen LogP contribution in [0.1, 0.15) is 24.9 Å². The summed E-state index contributed by atoms with van der Waals surface area (Å²) in [6.07, 6.45) is 4.49. The summed E-state index contributed by atoms with van der Waals surface area (Å²) in [4.78, 5) is 17.2. The number of hydrogen-bond acceptors (Lipinski definition) is 4. The number of carbonyl (C=O) groups is 1. The molecule has 0 spiro atoms. The van der Waals surface area contributed by atoms with E-state index in [0.717, 1.165) is 13.0 Å². The Balaban J connectivity index is 2.05. The Labute approximate surface area is 95.2 Å². The van der Waals surface area contributed by atoms with Crippen LogP contribution in [0.25, 0.3) is 0 Å². The molecule has 2 heterocycles. The highest BCUT2D eigenvalue weighted by Crippen LogP contribution is 2.31. The van der Waals surface area contributed by atoms with Crippen LogP contribution in [-0.2, 0) is 9.53 Å². The molecule has 86 valence electrons. The first-order chi connectivity index (χ1) is 7.66. The molecular weight excluding hydrogens is 204 g/mol. The molecule has 0 unspecified atom stereocenters. The van der Waals surface area contributed by atoms with Crippen LogP contribution >= 0.6 is 0 Å². The summed E-state index contributed by atoms with van der Waals surface area (Å²) in [5.41, 5.74) is 1.18. The lowest BCUT2D eigenvalue weighted by Gasteiger charge is -2.18. The second-order valence-corrected chi connectivity index (χ2v) is 4.21. The molecule has 2 rings (SSSR count). The number of nitrogens with zero attached hydrogens (tertiary/aromatic N) is 2. The number of carbonyl (C=O) groups excluding carboxylic acids is 1. The predicted molar refractivity (Wildman–Crippen MR) is 59.8 cm³/mol. The highest BCUT2D eigenvalue weighted by Gasteiger charge is 2.32. The molecule has 1 saturated heterocycles.